The van der Waals surface area contributed by atoms with Crippen molar-refractivity contribution in [2.45, 2.75) is 20.1 Å². The first-order valence-corrected chi connectivity index (χ1v) is 5.84. The van der Waals surface area contributed by atoms with Crippen LogP contribution in [0.25, 0.3) is 0 Å². The molecule has 4 nitrogen and oxygen atoms in total. The average Bonchev–Trinajstić information content (AvgIpc) is 2.80. The van der Waals surface area contributed by atoms with Gasteiger partial charge in [-0.2, -0.15) is 5.10 Å². The summed E-state index contributed by atoms with van der Waals surface area (Å²) in [6.45, 7) is 2.80. The zero-order valence-electron chi connectivity index (χ0n) is 9.31. The molecule has 5 heteroatoms. The van der Waals surface area contributed by atoms with Gasteiger partial charge in [0.25, 0.3) is 0 Å². The highest BCUT2D eigenvalue weighted by molar-refractivity contribution is 9.10. The van der Waals surface area contributed by atoms with E-state index in [-0.39, 0.29) is 6.61 Å². The van der Waals surface area contributed by atoms with Crippen molar-refractivity contribution in [3.8, 4) is 0 Å². The molecule has 2 aromatic rings. The van der Waals surface area contributed by atoms with Gasteiger partial charge in [0.1, 0.15) is 0 Å². The van der Waals surface area contributed by atoms with Gasteiger partial charge >= 0.3 is 0 Å². The van der Waals surface area contributed by atoms with E-state index >= 15 is 0 Å². The molecular weight excluding hydrogens is 270 g/mol. The Kier molecular flexibility index (Phi) is 3.16. The Labute approximate surface area is 103 Å². The second-order valence-corrected chi connectivity index (χ2v) is 4.61. The van der Waals surface area contributed by atoms with Crippen molar-refractivity contribution in [1.82, 2.24) is 14.3 Å². The zero-order valence-corrected chi connectivity index (χ0v) is 10.9. The largest absolute Gasteiger partial charge is 0.392 e. The molecule has 0 fully saturated rings. The predicted octanol–water partition coefficient (Wildman–Crippen LogP) is 1.83. The molecule has 86 valence electrons. The summed E-state index contributed by atoms with van der Waals surface area (Å²) in [6, 6.07) is 1.91. The van der Waals surface area contributed by atoms with Gasteiger partial charge in [-0.1, -0.05) is 0 Å². The lowest BCUT2D eigenvalue weighted by Gasteiger charge is -2.04. The molecule has 0 atom stereocenters. The number of aromatic nitrogens is 3. The van der Waals surface area contributed by atoms with Crippen LogP contribution in [0.3, 0.4) is 0 Å². The van der Waals surface area contributed by atoms with Crippen LogP contribution in [0, 0.1) is 6.92 Å². The molecule has 0 aliphatic carbocycles. The Morgan fingerprint density at radius 3 is 2.75 bits per heavy atom. The van der Waals surface area contributed by atoms with E-state index in [0.717, 1.165) is 28.0 Å². The summed E-state index contributed by atoms with van der Waals surface area (Å²) in [7, 11) is 1.93. The summed E-state index contributed by atoms with van der Waals surface area (Å²) in [6.07, 6.45) is 3.90. The highest BCUT2D eigenvalue weighted by Crippen LogP contribution is 2.21. The van der Waals surface area contributed by atoms with Crippen LogP contribution in [0.2, 0.25) is 0 Å². The molecule has 0 saturated heterocycles. The Hall–Kier alpha value is -1.07. The van der Waals surface area contributed by atoms with Crippen molar-refractivity contribution >= 4 is 15.9 Å². The zero-order chi connectivity index (χ0) is 11.7. The van der Waals surface area contributed by atoms with Crippen molar-refractivity contribution in [2.75, 3.05) is 0 Å². The lowest BCUT2D eigenvalue weighted by molar-refractivity contribution is 0.281. The first-order chi connectivity index (χ1) is 7.61. The van der Waals surface area contributed by atoms with E-state index in [4.69, 9.17) is 5.11 Å². The fourth-order valence-corrected chi connectivity index (χ4v) is 2.17. The monoisotopic (exact) mass is 283 g/mol. The molecule has 0 aromatic carbocycles. The van der Waals surface area contributed by atoms with E-state index in [0.29, 0.717) is 0 Å². The van der Waals surface area contributed by atoms with Gasteiger partial charge in [0.2, 0.25) is 0 Å². The van der Waals surface area contributed by atoms with Gasteiger partial charge in [0, 0.05) is 19.4 Å². The lowest BCUT2D eigenvalue weighted by Crippen LogP contribution is -2.04. The molecule has 16 heavy (non-hydrogen) atoms. The summed E-state index contributed by atoms with van der Waals surface area (Å²) >= 11 is 3.54. The van der Waals surface area contributed by atoms with E-state index in [1.165, 1.54) is 0 Å². The third kappa shape index (κ3) is 2.05. The molecule has 0 amide bonds. The Balaban J connectivity index is 2.26. The minimum Gasteiger partial charge on any atom is -0.392 e. The van der Waals surface area contributed by atoms with Crippen LogP contribution in [0.5, 0.6) is 0 Å². The van der Waals surface area contributed by atoms with E-state index in [9.17, 15) is 0 Å². The number of aliphatic hydroxyl groups excluding tert-OH is 1. The number of hydrogen-bond donors (Lipinski definition) is 1. The Bertz CT molecular complexity index is 501. The number of aryl methyl sites for hydroxylation is 2. The molecule has 0 radical (unpaired) electrons. The van der Waals surface area contributed by atoms with Crippen LogP contribution in [-0.4, -0.2) is 19.5 Å². The van der Waals surface area contributed by atoms with E-state index in [1.54, 1.807) is 0 Å². The maximum atomic E-state index is 8.99. The number of rotatable bonds is 3. The number of hydrogen-bond acceptors (Lipinski definition) is 2. The minimum atomic E-state index is 0.0819. The summed E-state index contributed by atoms with van der Waals surface area (Å²) in [5, 5.41) is 13.3. The molecule has 2 heterocycles. The Morgan fingerprint density at radius 1 is 1.50 bits per heavy atom. The van der Waals surface area contributed by atoms with Crippen LogP contribution in [0.1, 0.15) is 17.0 Å². The number of aliphatic hydroxyl groups is 1. The fourth-order valence-electron chi connectivity index (χ4n) is 1.71. The van der Waals surface area contributed by atoms with E-state index in [2.05, 4.69) is 21.0 Å². The van der Waals surface area contributed by atoms with Crippen molar-refractivity contribution < 1.29 is 5.11 Å². The highest BCUT2D eigenvalue weighted by Gasteiger charge is 2.10. The average molecular weight is 284 g/mol. The SMILES string of the molecule is Cc1nn(C)c(Cn2ccc(CO)c2)c1Br. The van der Waals surface area contributed by atoms with Gasteiger partial charge in [-0.15, -0.1) is 0 Å². The molecule has 0 bridgehead atoms. The topological polar surface area (TPSA) is 43.0 Å². The second-order valence-electron chi connectivity index (χ2n) is 3.82. The predicted molar refractivity (Wildman–Crippen MR) is 65.1 cm³/mol. The fraction of sp³-hybridized carbons (Fsp3) is 0.364. The molecule has 0 saturated carbocycles. The van der Waals surface area contributed by atoms with Crippen LogP contribution < -0.4 is 0 Å². The Morgan fingerprint density at radius 2 is 2.25 bits per heavy atom. The molecule has 0 aliphatic rings. The maximum absolute atomic E-state index is 8.99. The van der Waals surface area contributed by atoms with Crippen molar-refractivity contribution in [2.24, 2.45) is 7.05 Å². The normalized spacial score (nSPS) is 11.0. The molecule has 0 spiro atoms. The molecule has 2 rings (SSSR count). The molecule has 0 unspecified atom stereocenters. The summed E-state index contributed by atoms with van der Waals surface area (Å²) in [5.41, 5.74) is 3.04. The van der Waals surface area contributed by atoms with Crippen LogP contribution in [0.4, 0.5) is 0 Å². The van der Waals surface area contributed by atoms with Gasteiger partial charge < -0.3 is 9.67 Å². The van der Waals surface area contributed by atoms with Crippen molar-refractivity contribution in [3.05, 3.63) is 39.9 Å². The number of halogens is 1. The minimum absolute atomic E-state index is 0.0819. The second kappa shape index (κ2) is 4.43. The maximum Gasteiger partial charge on any atom is 0.0739 e. The summed E-state index contributed by atoms with van der Waals surface area (Å²) in [4.78, 5) is 0. The summed E-state index contributed by atoms with van der Waals surface area (Å²) in [5.74, 6) is 0. The third-order valence-corrected chi connectivity index (χ3v) is 3.62. The molecule has 0 aliphatic heterocycles. The van der Waals surface area contributed by atoms with Gasteiger partial charge in [-0.3, -0.25) is 4.68 Å². The lowest BCUT2D eigenvalue weighted by atomic mass is 10.3. The van der Waals surface area contributed by atoms with Crippen molar-refractivity contribution in [3.63, 3.8) is 0 Å². The van der Waals surface area contributed by atoms with Crippen molar-refractivity contribution in [1.29, 1.82) is 0 Å². The third-order valence-electron chi connectivity index (χ3n) is 2.59. The molecule has 2 aromatic heterocycles. The first kappa shape index (κ1) is 11.4. The van der Waals surface area contributed by atoms with Gasteiger partial charge in [0.05, 0.1) is 29.0 Å². The smallest absolute Gasteiger partial charge is 0.0739 e. The quantitative estimate of drug-likeness (QED) is 0.934. The number of nitrogens with zero attached hydrogens (tertiary/aromatic N) is 3. The van der Waals surface area contributed by atoms with E-state index in [1.807, 2.05) is 41.7 Å². The van der Waals surface area contributed by atoms with E-state index < -0.39 is 0 Å². The highest BCUT2D eigenvalue weighted by atomic mass is 79.9. The van der Waals surface area contributed by atoms with Crippen LogP contribution >= 0.6 is 15.9 Å². The molecular formula is C11H14BrN3O. The molecule has 1 N–H and O–H groups in total. The standard InChI is InChI=1S/C11H14BrN3O/c1-8-11(12)10(14(2)13-8)6-15-4-3-9(5-15)7-16/h3-5,16H,6-7H2,1-2H3. The van der Waals surface area contributed by atoms with Gasteiger partial charge in [-0.05, 0) is 34.5 Å². The van der Waals surface area contributed by atoms with Crippen LogP contribution in [-0.2, 0) is 20.2 Å². The van der Waals surface area contributed by atoms with Gasteiger partial charge in [-0.25, -0.2) is 0 Å². The van der Waals surface area contributed by atoms with Crippen LogP contribution in [0.15, 0.2) is 22.9 Å². The van der Waals surface area contributed by atoms with Gasteiger partial charge in [0.15, 0.2) is 0 Å². The summed E-state index contributed by atoms with van der Waals surface area (Å²) < 4.78 is 4.96. The first-order valence-electron chi connectivity index (χ1n) is 5.05.